The molecule has 0 amide bonds. The smallest absolute Gasteiger partial charge is 0.155 e. The highest BCUT2D eigenvalue weighted by molar-refractivity contribution is 5.92. The first-order chi connectivity index (χ1) is 12.8. The molecule has 0 fully saturated rings. The molecular weight excluding hydrogens is 322 g/mol. The van der Waals surface area contributed by atoms with Gasteiger partial charge < -0.3 is 5.73 Å². The molecule has 5 nitrogen and oxygen atoms in total. The number of rotatable bonds is 3. The van der Waals surface area contributed by atoms with Gasteiger partial charge in [-0.2, -0.15) is 5.10 Å². The number of aromatic amines is 1. The van der Waals surface area contributed by atoms with Gasteiger partial charge in [0.15, 0.2) is 5.65 Å². The van der Waals surface area contributed by atoms with Crippen LogP contribution in [0.4, 0.5) is 0 Å². The number of fused-ring (bicyclic) bond motifs is 2. The zero-order valence-electron chi connectivity index (χ0n) is 14.3. The number of nitrogens with two attached hydrogens (primary N) is 1. The second-order valence-corrected chi connectivity index (χ2v) is 6.95. The molecule has 3 aromatic heterocycles. The summed E-state index contributed by atoms with van der Waals surface area (Å²) in [5.41, 5.74) is 12.8. The fourth-order valence-corrected chi connectivity index (χ4v) is 4.04. The van der Waals surface area contributed by atoms with Crippen molar-refractivity contribution in [3.8, 4) is 11.1 Å². The number of hydrogen-bond acceptors (Lipinski definition) is 4. The summed E-state index contributed by atoms with van der Waals surface area (Å²) in [7, 11) is 0. The van der Waals surface area contributed by atoms with Crippen LogP contribution in [0.1, 0.15) is 18.5 Å². The van der Waals surface area contributed by atoms with Crippen LogP contribution in [0.5, 0.6) is 0 Å². The molecular formula is C21H19N5. The Morgan fingerprint density at radius 1 is 1.15 bits per heavy atom. The molecule has 5 heteroatoms. The van der Waals surface area contributed by atoms with Gasteiger partial charge in [0.05, 0.1) is 11.9 Å². The van der Waals surface area contributed by atoms with Gasteiger partial charge in [0, 0.05) is 29.7 Å². The van der Waals surface area contributed by atoms with E-state index in [1.807, 2.05) is 24.5 Å². The van der Waals surface area contributed by atoms with E-state index in [1.54, 1.807) is 6.20 Å². The Morgan fingerprint density at radius 2 is 2.08 bits per heavy atom. The second-order valence-electron chi connectivity index (χ2n) is 6.95. The summed E-state index contributed by atoms with van der Waals surface area (Å²) >= 11 is 0. The topological polar surface area (TPSA) is 80.5 Å². The maximum Gasteiger partial charge on any atom is 0.155 e. The molecule has 2 aliphatic rings. The quantitative estimate of drug-likeness (QED) is 0.765. The van der Waals surface area contributed by atoms with Crippen molar-refractivity contribution in [1.29, 1.82) is 0 Å². The van der Waals surface area contributed by atoms with Gasteiger partial charge >= 0.3 is 0 Å². The minimum atomic E-state index is -0.230. The summed E-state index contributed by atoms with van der Waals surface area (Å²) in [6.45, 7) is 0.543. The third kappa shape index (κ3) is 2.24. The number of H-pyrrole nitrogens is 1. The SMILES string of the molecule is NCC1(c2cc(-c3ccnc4[nH]ncc34)ccn2)C=C2CC=CC=C2C1. The maximum absolute atomic E-state index is 6.26. The van der Waals surface area contributed by atoms with Crippen molar-refractivity contribution in [1.82, 2.24) is 20.2 Å². The summed E-state index contributed by atoms with van der Waals surface area (Å²) < 4.78 is 0. The average Bonchev–Trinajstić information content (AvgIpc) is 3.32. The van der Waals surface area contributed by atoms with Crippen molar-refractivity contribution in [3.63, 3.8) is 0 Å². The average molecular weight is 341 g/mol. The Morgan fingerprint density at radius 3 is 2.96 bits per heavy atom. The van der Waals surface area contributed by atoms with Gasteiger partial charge in [0.2, 0.25) is 0 Å². The van der Waals surface area contributed by atoms with Crippen molar-refractivity contribution in [2.75, 3.05) is 6.54 Å². The molecule has 3 aromatic rings. The van der Waals surface area contributed by atoms with Gasteiger partial charge in [-0.05, 0) is 53.3 Å². The third-order valence-corrected chi connectivity index (χ3v) is 5.44. The predicted molar refractivity (Wildman–Crippen MR) is 102 cm³/mol. The van der Waals surface area contributed by atoms with Gasteiger partial charge in [-0.3, -0.25) is 10.1 Å². The van der Waals surface area contributed by atoms with E-state index < -0.39 is 0 Å². The minimum absolute atomic E-state index is 0.230. The Hall–Kier alpha value is -3.05. The van der Waals surface area contributed by atoms with E-state index in [2.05, 4.69) is 45.6 Å². The number of nitrogens with one attached hydrogen (secondary N) is 1. The van der Waals surface area contributed by atoms with E-state index >= 15 is 0 Å². The van der Waals surface area contributed by atoms with Gasteiger partial charge in [0.25, 0.3) is 0 Å². The zero-order chi connectivity index (χ0) is 17.6. The number of pyridine rings is 2. The largest absolute Gasteiger partial charge is 0.329 e. The molecule has 0 aliphatic heterocycles. The van der Waals surface area contributed by atoms with Gasteiger partial charge in [0.1, 0.15) is 0 Å². The van der Waals surface area contributed by atoms with E-state index in [-0.39, 0.29) is 5.41 Å². The number of hydrogen-bond donors (Lipinski definition) is 2. The van der Waals surface area contributed by atoms with Crippen molar-refractivity contribution >= 4 is 11.0 Å². The number of aromatic nitrogens is 4. The molecule has 26 heavy (non-hydrogen) atoms. The highest BCUT2D eigenvalue weighted by atomic mass is 15.1. The summed E-state index contributed by atoms with van der Waals surface area (Å²) in [6.07, 6.45) is 16.2. The van der Waals surface area contributed by atoms with Crippen LogP contribution in [0.2, 0.25) is 0 Å². The fourth-order valence-electron chi connectivity index (χ4n) is 4.04. The minimum Gasteiger partial charge on any atom is -0.329 e. The van der Waals surface area contributed by atoms with E-state index in [1.165, 1.54) is 11.1 Å². The van der Waals surface area contributed by atoms with Gasteiger partial charge in [-0.15, -0.1) is 0 Å². The summed E-state index contributed by atoms with van der Waals surface area (Å²) in [6, 6.07) is 6.22. The Balaban J connectivity index is 1.62. The highest BCUT2D eigenvalue weighted by Crippen LogP contribution is 2.44. The van der Waals surface area contributed by atoms with E-state index in [9.17, 15) is 0 Å². The lowest BCUT2D eigenvalue weighted by Gasteiger charge is -2.25. The monoisotopic (exact) mass is 341 g/mol. The molecule has 1 unspecified atom stereocenters. The molecule has 2 aliphatic carbocycles. The van der Waals surface area contributed by atoms with Gasteiger partial charge in [-0.1, -0.05) is 24.3 Å². The normalized spacial score (nSPS) is 21.6. The fraction of sp³-hybridized carbons (Fsp3) is 0.190. The van der Waals surface area contributed by atoms with E-state index in [0.29, 0.717) is 6.54 Å². The third-order valence-electron chi connectivity index (χ3n) is 5.44. The first-order valence-corrected chi connectivity index (χ1v) is 8.82. The van der Waals surface area contributed by atoms with E-state index in [4.69, 9.17) is 10.7 Å². The lowest BCUT2D eigenvalue weighted by molar-refractivity contribution is 0.547. The first kappa shape index (κ1) is 15.2. The van der Waals surface area contributed by atoms with Crippen molar-refractivity contribution in [2.45, 2.75) is 18.3 Å². The molecule has 0 saturated heterocycles. The van der Waals surface area contributed by atoms with E-state index in [0.717, 1.165) is 40.7 Å². The van der Waals surface area contributed by atoms with Crippen molar-refractivity contribution in [3.05, 3.63) is 77.9 Å². The molecule has 0 aromatic carbocycles. The molecule has 3 heterocycles. The molecule has 0 bridgehead atoms. The van der Waals surface area contributed by atoms with Crippen LogP contribution < -0.4 is 5.73 Å². The summed E-state index contributed by atoms with van der Waals surface area (Å²) in [5.74, 6) is 0. The summed E-state index contributed by atoms with van der Waals surface area (Å²) in [5, 5.41) is 8.06. The highest BCUT2D eigenvalue weighted by Gasteiger charge is 2.37. The van der Waals surface area contributed by atoms with Crippen LogP contribution >= 0.6 is 0 Å². The van der Waals surface area contributed by atoms with Crippen molar-refractivity contribution in [2.24, 2.45) is 5.73 Å². The zero-order valence-corrected chi connectivity index (χ0v) is 14.3. The molecule has 0 radical (unpaired) electrons. The van der Waals surface area contributed by atoms with Crippen molar-refractivity contribution < 1.29 is 0 Å². The van der Waals surface area contributed by atoms with Gasteiger partial charge in [-0.25, -0.2) is 4.98 Å². The second kappa shape index (κ2) is 5.75. The number of nitrogens with zero attached hydrogens (tertiary/aromatic N) is 3. The lowest BCUT2D eigenvalue weighted by atomic mass is 9.82. The van der Waals surface area contributed by atoms with Crippen LogP contribution in [0.3, 0.4) is 0 Å². The Labute approximate surface area is 151 Å². The summed E-state index contributed by atoms with van der Waals surface area (Å²) in [4.78, 5) is 9.03. The molecule has 0 spiro atoms. The van der Waals surface area contributed by atoms with Crippen LogP contribution in [-0.4, -0.2) is 26.7 Å². The first-order valence-electron chi connectivity index (χ1n) is 8.82. The Bertz CT molecular complexity index is 1090. The standard InChI is InChI=1S/C21H19N5/c22-13-21(10-15-3-1-2-4-16(15)11-21)19-9-14(5-7-23-19)17-6-8-24-20-18(17)12-25-26-20/h1-3,5-9,11-12H,4,10,13,22H2,(H,24,25,26). The lowest BCUT2D eigenvalue weighted by Crippen LogP contribution is -2.32. The van der Waals surface area contributed by atoms with Crippen LogP contribution in [-0.2, 0) is 5.41 Å². The molecule has 128 valence electrons. The molecule has 3 N–H and O–H groups in total. The number of allylic oxidation sites excluding steroid dienone is 5. The predicted octanol–water partition coefficient (Wildman–Crippen LogP) is 3.43. The molecule has 5 rings (SSSR count). The van der Waals surface area contributed by atoms with Crippen LogP contribution in [0.25, 0.3) is 22.2 Å². The van der Waals surface area contributed by atoms with Crippen LogP contribution in [0.15, 0.2) is 72.2 Å². The van der Waals surface area contributed by atoms with Crippen LogP contribution in [0, 0.1) is 0 Å². The maximum atomic E-state index is 6.26. The Kier molecular flexibility index (Phi) is 3.36. The molecule has 1 atom stereocenters. The molecule has 0 saturated carbocycles.